The molecule has 200 valence electrons. The first-order chi connectivity index (χ1) is 18.2. The zero-order valence-corrected chi connectivity index (χ0v) is 22.5. The third kappa shape index (κ3) is 5.70. The number of aryl methyl sites for hydroxylation is 1. The van der Waals surface area contributed by atoms with Gasteiger partial charge < -0.3 is 19.2 Å². The van der Waals surface area contributed by atoms with Gasteiger partial charge in [-0.1, -0.05) is 6.07 Å². The van der Waals surface area contributed by atoms with Crippen molar-refractivity contribution in [3.63, 3.8) is 0 Å². The lowest BCUT2D eigenvalue weighted by Gasteiger charge is -2.15. The van der Waals surface area contributed by atoms with Crippen LogP contribution in [0.1, 0.15) is 42.3 Å². The van der Waals surface area contributed by atoms with Crippen LogP contribution in [0.4, 0.5) is 5.69 Å². The molecule has 1 aromatic carbocycles. The summed E-state index contributed by atoms with van der Waals surface area (Å²) >= 11 is 5.40. The summed E-state index contributed by atoms with van der Waals surface area (Å²) in [6.07, 6.45) is 2.17. The van der Waals surface area contributed by atoms with E-state index < -0.39 is 4.92 Å². The van der Waals surface area contributed by atoms with Crippen LogP contribution in [0.25, 0.3) is 6.08 Å². The Morgan fingerprint density at radius 2 is 1.89 bits per heavy atom. The van der Waals surface area contributed by atoms with Gasteiger partial charge in [0.1, 0.15) is 28.6 Å². The van der Waals surface area contributed by atoms with Crippen molar-refractivity contribution in [3.8, 4) is 11.5 Å². The molecular weight excluding hydrogens is 510 g/mol. The molecular formula is C26H29N5O6S. The van der Waals surface area contributed by atoms with Crippen molar-refractivity contribution in [2.45, 2.75) is 40.7 Å². The Hall–Kier alpha value is -4.19. The lowest BCUT2D eigenvalue weighted by Crippen LogP contribution is -2.32. The lowest BCUT2D eigenvalue weighted by molar-refractivity contribution is -0.386. The molecule has 0 unspecified atom stereocenters. The lowest BCUT2D eigenvalue weighted by atomic mass is 10.1. The topological polar surface area (TPSA) is 125 Å². The van der Waals surface area contributed by atoms with E-state index >= 15 is 0 Å². The molecule has 0 radical (unpaired) electrons. The Kier molecular flexibility index (Phi) is 8.10. The normalized spacial score (nSPS) is 14.3. The molecule has 0 saturated carbocycles. The summed E-state index contributed by atoms with van der Waals surface area (Å²) in [6, 6.07) is 9.20. The highest BCUT2D eigenvalue weighted by Crippen LogP contribution is 2.29. The Labute approximate surface area is 225 Å². The molecule has 1 amide bonds. The third-order valence-corrected chi connectivity index (χ3v) is 6.32. The molecule has 1 aliphatic heterocycles. The summed E-state index contributed by atoms with van der Waals surface area (Å²) in [5, 5.41) is 18.8. The molecule has 2 aromatic heterocycles. The molecule has 0 spiro atoms. The number of furan rings is 1. The number of hydrogen-bond donors (Lipinski definition) is 1. The van der Waals surface area contributed by atoms with Crippen molar-refractivity contribution >= 4 is 35.0 Å². The Bertz CT molecular complexity index is 1410. The van der Waals surface area contributed by atoms with Crippen LogP contribution in [0.15, 0.2) is 40.4 Å². The van der Waals surface area contributed by atoms with Crippen molar-refractivity contribution in [2.75, 3.05) is 19.8 Å². The monoisotopic (exact) mass is 539 g/mol. The maximum absolute atomic E-state index is 13.0. The highest BCUT2D eigenvalue weighted by atomic mass is 32.1. The smallest absolute Gasteiger partial charge is 0.312 e. The number of ether oxygens (including phenoxy) is 2. The van der Waals surface area contributed by atoms with E-state index in [1.54, 1.807) is 32.1 Å². The van der Waals surface area contributed by atoms with Gasteiger partial charge in [0, 0.05) is 12.6 Å². The van der Waals surface area contributed by atoms with Crippen LogP contribution >= 0.6 is 12.2 Å². The number of benzene rings is 1. The van der Waals surface area contributed by atoms with E-state index in [-0.39, 0.29) is 18.1 Å². The fourth-order valence-electron chi connectivity index (χ4n) is 4.22. The second kappa shape index (κ2) is 11.5. The minimum absolute atomic E-state index is 0.00685. The van der Waals surface area contributed by atoms with Gasteiger partial charge in [-0.25, -0.2) is 0 Å². The fourth-order valence-corrected chi connectivity index (χ4v) is 4.50. The van der Waals surface area contributed by atoms with Crippen LogP contribution in [-0.2, 0) is 17.8 Å². The number of nitrogens with zero attached hydrogens (tertiary/aromatic N) is 4. The predicted molar refractivity (Wildman–Crippen MR) is 144 cm³/mol. The number of nitro groups is 1. The van der Waals surface area contributed by atoms with Crippen molar-refractivity contribution < 1.29 is 23.6 Å². The van der Waals surface area contributed by atoms with Gasteiger partial charge in [0.2, 0.25) is 0 Å². The minimum Gasteiger partial charge on any atom is -0.490 e. The summed E-state index contributed by atoms with van der Waals surface area (Å²) in [5.41, 5.74) is 2.07. The van der Waals surface area contributed by atoms with Crippen molar-refractivity contribution in [2.24, 2.45) is 0 Å². The van der Waals surface area contributed by atoms with Crippen LogP contribution < -0.4 is 14.8 Å². The molecule has 1 N–H and O–H groups in total. The Morgan fingerprint density at radius 1 is 1.16 bits per heavy atom. The number of aromatic nitrogens is 2. The second-order valence-electron chi connectivity index (χ2n) is 8.58. The first kappa shape index (κ1) is 26.9. The molecule has 0 atom stereocenters. The molecule has 1 fully saturated rings. The first-order valence-electron chi connectivity index (χ1n) is 12.2. The highest BCUT2D eigenvalue weighted by Gasteiger charge is 2.30. The largest absolute Gasteiger partial charge is 0.490 e. The van der Waals surface area contributed by atoms with E-state index in [2.05, 4.69) is 10.4 Å². The Balaban J connectivity index is 1.42. The van der Waals surface area contributed by atoms with Crippen molar-refractivity contribution in [1.29, 1.82) is 0 Å². The van der Waals surface area contributed by atoms with Gasteiger partial charge in [-0.3, -0.25) is 24.5 Å². The summed E-state index contributed by atoms with van der Waals surface area (Å²) < 4.78 is 18.7. The molecule has 4 rings (SSSR count). The summed E-state index contributed by atoms with van der Waals surface area (Å²) in [6.45, 7) is 8.75. The van der Waals surface area contributed by atoms with Gasteiger partial charge in [-0.2, -0.15) is 5.10 Å². The quantitative estimate of drug-likeness (QED) is 0.166. The highest BCUT2D eigenvalue weighted by molar-refractivity contribution is 7.80. The average molecular weight is 540 g/mol. The summed E-state index contributed by atoms with van der Waals surface area (Å²) in [7, 11) is 0. The predicted octanol–water partition coefficient (Wildman–Crippen LogP) is 4.15. The van der Waals surface area contributed by atoms with Gasteiger partial charge in [-0.05, 0) is 76.2 Å². The number of nitrogens with one attached hydrogen (secondary N) is 1. The summed E-state index contributed by atoms with van der Waals surface area (Å²) in [4.78, 5) is 25.4. The van der Waals surface area contributed by atoms with E-state index in [1.807, 2.05) is 32.0 Å². The van der Waals surface area contributed by atoms with E-state index in [0.29, 0.717) is 71.4 Å². The standard InChI is InChI=1S/C26H29N5O6S/c1-5-35-22-10-7-18(13-23(22)36-6-2)11-12-29-25(32)21(27-26(29)38)14-19-8-9-20(37-19)15-30-17(4)24(31(33)34)16(3)28-30/h7-10,13-14H,5-6,11-12,15H2,1-4H3,(H,27,38)/b21-14+. The zero-order chi connectivity index (χ0) is 27.4. The molecule has 3 heterocycles. The molecule has 38 heavy (non-hydrogen) atoms. The van der Waals surface area contributed by atoms with Crippen LogP contribution in [-0.4, -0.2) is 50.4 Å². The molecule has 3 aromatic rings. The number of amides is 1. The molecule has 11 nitrogen and oxygen atoms in total. The molecule has 1 aliphatic rings. The molecule has 0 bridgehead atoms. The fraction of sp³-hybridized carbons (Fsp3) is 0.346. The molecule has 12 heteroatoms. The minimum atomic E-state index is -0.439. The van der Waals surface area contributed by atoms with Crippen LogP contribution in [0.5, 0.6) is 11.5 Å². The van der Waals surface area contributed by atoms with Gasteiger partial charge in [-0.15, -0.1) is 0 Å². The van der Waals surface area contributed by atoms with Crippen LogP contribution in [0.2, 0.25) is 0 Å². The zero-order valence-electron chi connectivity index (χ0n) is 21.6. The molecule has 1 saturated heterocycles. The average Bonchev–Trinajstić information content (AvgIpc) is 3.50. The van der Waals surface area contributed by atoms with Crippen LogP contribution in [0.3, 0.4) is 0 Å². The van der Waals surface area contributed by atoms with E-state index in [9.17, 15) is 14.9 Å². The van der Waals surface area contributed by atoms with Crippen molar-refractivity contribution in [1.82, 2.24) is 20.0 Å². The van der Waals surface area contributed by atoms with E-state index in [4.69, 9.17) is 26.1 Å². The molecule has 0 aliphatic carbocycles. The maximum Gasteiger partial charge on any atom is 0.312 e. The maximum atomic E-state index is 13.0. The van der Waals surface area contributed by atoms with E-state index in [0.717, 1.165) is 5.56 Å². The van der Waals surface area contributed by atoms with Gasteiger partial charge in [0.15, 0.2) is 16.6 Å². The third-order valence-electron chi connectivity index (χ3n) is 5.99. The van der Waals surface area contributed by atoms with Crippen molar-refractivity contribution in [3.05, 3.63) is 74.6 Å². The number of carbonyl (C=O) groups is 1. The number of rotatable bonds is 11. The number of thiocarbonyl (C=S) groups is 1. The Morgan fingerprint density at radius 3 is 2.58 bits per heavy atom. The number of hydrogen-bond acceptors (Lipinski definition) is 8. The summed E-state index contributed by atoms with van der Waals surface area (Å²) in [5.74, 6) is 2.10. The SMILES string of the molecule is CCOc1ccc(CCN2C(=O)/C(=C\c3ccc(Cn4nc(C)c([N+](=O)[O-])c4C)o3)NC2=S)cc1OCC. The number of carbonyl (C=O) groups excluding carboxylic acids is 1. The first-order valence-corrected chi connectivity index (χ1v) is 12.6. The van der Waals surface area contributed by atoms with E-state index in [1.165, 1.54) is 9.58 Å². The van der Waals surface area contributed by atoms with Crippen LogP contribution in [0, 0.1) is 24.0 Å². The van der Waals surface area contributed by atoms with Gasteiger partial charge in [0.25, 0.3) is 5.91 Å². The van der Waals surface area contributed by atoms with Gasteiger partial charge >= 0.3 is 5.69 Å². The van der Waals surface area contributed by atoms with Gasteiger partial charge in [0.05, 0.1) is 24.7 Å². The second-order valence-corrected chi connectivity index (χ2v) is 8.97.